The van der Waals surface area contributed by atoms with Gasteiger partial charge in [-0.2, -0.15) is 0 Å². The van der Waals surface area contributed by atoms with Crippen LogP contribution in [0.25, 0.3) is 0 Å². The maximum atomic E-state index is 11.8. The lowest BCUT2D eigenvalue weighted by atomic mass is 10.1. The molecule has 2 heterocycles. The van der Waals surface area contributed by atoms with Crippen LogP contribution in [0.5, 0.6) is 0 Å². The Bertz CT molecular complexity index is 535. The third kappa shape index (κ3) is 4.42. The van der Waals surface area contributed by atoms with E-state index in [0.717, 1.165) is 24.3 Å². The molecule has 0 radical (unpaired) electrons. The molecule has 0 spiro atoms. The Kier molecular flexibility index (Phi) is 4.76. The van der Waals surface area contributed by atoms with Gasteiger partial charge < -0.3 is 15.1 Å². The van der Waals surface area contributed by atoms with Crippen molar-refractivity contribution in [3.05, 3.63) is 48.2 Å². The summed E-state index contributed by atoms with van der Waals surface area (Å²) in [7, 11) is 0. The van der Waals surface area contributed by atoms with Crippen molar-refractivity contribution in [1.29, 1.82) is 0 Å². The van der Waals surface area contributed by atoms with E-state index in [1.54, 1.807) is 12.5 Å². The highest BCUT2D eigenvalue weighted by Gasteiger charge is 2.08. The largest absolute Gasteiger partial charge is 0.469 e. The number of hydrogen-bond donors (Lipinski definition) is 2. The molecule has 0 bridgehead atoms. The molecule has 2 amide bonds. The van der Waals surface area contributed by atoms with Crippen LogP contribution >= 0.6 is 0 Å². The predicted octanol–water partition coefficient (Wildman–Crippen LogP) is 3.13. The number of nitrogens with zero attached hydrogens (tertiary/aromatic N) is 1. The van der Waals surface area contributed by atoms with E-state index < -0.39 is 0 Å². The van der Waals surface area contributed by atoms with E-state index in [9.17, 15) is 4.79 Å². The fraction of sp³-hybridized carbons (Fsp3) is 0.333. The minimum Gasteiger partial charge on any atom is -0.469 e. The zero-order valence-electron chi connectivity index (χ0n) is 11.7. The molecule has 0 unspecified atom stereocenters. The monoisotopic (exact) mass is 273 g/mol. The molecule has 2 aromatic rings. The lowest BCUT2D eigenvalue weighted by Crippen LogP contribution is -2.36. The predicted molar refractivity (Wildman–Crippen MR) is 77.6 cm³/mol. The molecule has 2 rings (SSSR count). The second-order valence-corrected chi connectivity index (χ2v) is 4.81. The maximum Gasteiger partial charge on any atom is 0.319 e. The molecule has 2 aromatic heterocycles. The van der Waals surface area contributed by atoms with Gasteiger partial charge in [-0.1, -0.05) is 0 Å². The van der Waals surface area contributed by atoms with Gasteiger partial charge in [0.15, 0.2) is 0 Å². The summed E-state index contributed by atoms with van der Waals surface area (Å²) in [6.45, 7) is 3.87. The highest BCUT2D eigenvalue weighted by molar-refractivity contribution is 5.89. The van der Waals surface area contributed by atoms with Crippen molar-refractivity contribution in [1.82, 2.24) is 10.3 Å². The summed E-state index contributed by atoms with van der Waals surface area (Å²) < 4.78 is 5.26. The fourth-order valence-corrected chi connectivity index (χ4v) is 1.82. The Balaban J connectivity index is 1.74. The number of furan rings is 1. The van der Waals surface area contributed by atoms with E-state index in [1.807, 2.05) is 38.1 Å². The van der Waals surface area contributed by atoms with Crippen LogP contribution in [0.15, 0.2) is 41.1 Å². The van der Waals surface area contributed by atoms with Crippen LogP contribution in [-0.2, 0) is 6.42 Å². The van der Waals surface area contributed by atoms with E-state index in [0.29, 0.717) is 5.69 Å². The van der Waals surface area contributed by atoms with Crippen molar-refractivity contribution >= 4 is 11.7 Å². The van der Waals surface area contributed by atoms with E-state index in [4.69, 9.17) is 4.42 Å². The van der Waals surface area contributed by atoms with Crippen molar-refractivity contribution in [3.63, 3.8) is 0 Å². The Labute approximate surface area is 118 Å². The van der Waals surface area contributed by atoms with Crippen molar-refractivity contribution in [2.24, 2.45) is 0 Å². The average Bonchev–Trinajstić information content (AvgIpc) is 2.92. The summed E-state index contributed by atoms with van der Waals surface area (Å²) in [4.78, 5) is 15.9. The van der Waals surface area contributed by atoms with Gasteiger partial charge in [0.1, 0.15) is 5.76 Å². The van der Waals surface area contributed by atoms with E-state index in [-0.39, 0.29) is 12.1 Å². The Morgan fingerprint density at radius 2 is 2.25 bits per heavy atom. The lowest BCUT2D eigenvalue weighted by molar-refractivity contribution is 0.248. The number of carbonyl (C=O) groups excluding carboxylic acids is 1. The van der Waals surface area contributed by atoms with Gasteiger partial charge in [-0.15, -0.1) is 0 Å². The quantitative estimate of drug-likeness (QED) is 0.879. The molecular weight excluding hydrogens is 254 g/mol. The third-order valence-electron chi connectivity index (χ3n) is 2.95. The Morgan fingerprint density at radius 1 is 1.40 bits per heavy atom. The van der Waals surface area contributed by atoms with Crippen LogP contribution in [0.4, 0.5) is 10.5 Å². The molecule has 5 nitrogen and oxygen atoms in total. The van der Waals surface area contributed by atoms with Gasteiger partial charge in [-0.3, -0.25) is 4.98 Å². The van der Waals surface area contributed by atoms with Crippen LogP contribution in [0, 0.1) is 6.92 Å². The molecule has 0 aromatic carbocycles. The van der Waals surface area contributed by atoms with Gasteiger partial charge in [0.2, 0.25) is 0 Å². The summed E-state index contributed by atoms with van der Waals surface area (Å²) in [6.07, 6.45) is 4.93. The number of aromatic nitrogens is 1. The number of anilines is 1. The molecule has 1 atom stereocenters. The number of rotatable bonds is 5. The second kappa shape index (κ2) is 6.75. The SMILES string of the molecule is Cc1ccc(NC(=O)N[C@H](C)CCc2ccco2)cn1. The van der Waals surface area contributed by atoms with Crippen LogP contribution in [0.2, 0.25) is 0 Å². The average molecular weight is 273 g/mol. The number of nitrogens with one attached hydrogen (secondary N) is 2. The molecular formula is C15H19N3O2. The summed E-state index contributed by atoms with van der Waals surface area (Å²) in [5.41, 5.74) is 1.61. The molecule has 2 N–H and O–H groups in total. The maximum absolute atomic E-state index is 11.8. The molecule has 0 fully saturated rings. The van der Waals surface area contributed by atoms with Crippen LogP contribution in [0.3, 0.4) is 0 Å². The minimum atomic E-state index is -0.220. The number of aryl methyl sites for hydroxylation is 2. The number of urea groups is 1. The number of amides is 2. The summed E-state index contributed by atoms with van der Waals surface area (Å²) in [5.74, 6) is 0.932. The minimum absolute atomic E-state index is 0.0681. The summed E-state index contributed by atoms with van der Waals surface area (Å²) >= 11 is 0. The fourth-order valence-electron chi connectivity index (χ4n) is 1.82. The smallest absolute Gasteiger partial charge is 0.319 e. The van der Waals surface area contributed by atoms with Crippen molar-refractivity contribution in [3.8, 4) is 0 Å². The highest BCUT2D eigenvalue weighted by atomic mass is 16.3. The molecule has 106 valence electrons. The van der Waals surface area contributed by atoms with Crippen molar-refractivity contribution < 1.29 is 9.21 Å². The molecule has 0 aliphatic heterocycles. The molecule has 0 aliphatic carbocycles. The molecule has 5 heteroatoms. The summed E-state index contributed by atoms with van der Waals surface area (Å²) in [6, 6.07) is 7.34. The van der Waals surface area contributed by atoms with Crippen LogP contribution < -0.4 is 10.6 Å². The van der Waals surface area contributed by atoms with Gasteiger partial charge in [0.05, 0.1) is 18.1 Å². The first-order chi connectivity index (χ1) is 9.63. The van der Waals surface area contributed by atoms with Crippen LogP contribution in [0.1, 0.15) is 24.8 Å². The third-order valence-corrected chi connectivity index (χ3v) is 2.95. The molecule has 0 saturated carbocycles. The van der Waals surface area contributed by atoms with Crippen LogP contribution in [-0.4, -0.2) is 17.1 Å². The lowest BCUT2D eigenvalue weighted by Gasteiger charge is -2.14. The van der Waals surface area contributed by atoms with Gasteiger partial charge in [0, 0.05) is 18.2 Å². The Hall–Kier alpha value is -2.30. The molecule has 0 aliphatic rings. The first kappa shape index (κ1) is 14.1. The van der Waals surface area contributed by atoms with Gasteiger partial charge in [0.25, 0.3) is 0 Å². The number of carbonyl (C=O) groups is 1. The summed E-state index contributed by atoms with van der Waals surface area (Å²) in [5, 5.41) is 5.64. The van der Waals surface area contributed by atoms with E-state index in [2.05, 4.69) is 15.6 Å². The van der Waals surface area contributed by atoms with E-state index in [1.165, 1.54) is 0 Å². The topological polar surface area (TPSA) is 67.2 Å². The van der Waals surface area contributed by atoms with Gasteiger partial charge in [-0.25, -0.2) is 4.79 Å². The van der Waals surface area contributed by atoms with Crippen molar-refractivity contribution in [2.75, 3.05) is 5.32 Å². The van der Waals surface area contributed by atoms with Crippen molar-refractivity contribution in [2.45, 2.75) is 32.7 Å². The normalized spacial score (nSPS) is 11.9. The number of hydrogen-bond acceptors (Lipinski definition) is 3. The van der Waals surface area contributed by atoms with Gasteiger partial charge >= 0.3 is 6.03 Å². The standard InChI is InChI=1S/C15H19N3O2/c1-11-5-7-13(10-16-11)18-15(19)17-12(2)6-8-14-4-3-9-20-14/h3-5,7,9-10,12H,6,8H2,1-2H3,(H2,17,18,19)/t12-/m1/s1. The second-order valence-electron chi connectivity index (χ2n) is 4.81. The highest BCUT2D eigenvalue weighted by Crippen LogP contribution is 2.07. The number of pyridine rings is 1. The zero-order valence-corrected chi connectivity index (χ0v) is 11.7. The Morgan fingerprint density at radius 3 is 2.90 bits per heavy atom. The van der Waals surface area contributed by atoms with Gasteiger partial charge in [-0.05, 0) is 44.5 Å². The molecule has 0 saturated heterocycles. The zero-order chi connectivity index (χ0) is 14.4. The first-order valence-corrected chi connectivity index (χ1v) is 6.66. The first-order valence-electron chi connectivity index (χ1n) is 6.66. The van der Waals surface area contributed by atoms with E-state index >= 15 is 0 Å². The molecule has 20 heavy (non-hydrogen) atoms.